The first-order valence-electron chi connectivity index (χ1n) is 9.55. The minimum absolute atomic E-state index is 0.125. The molecule has 0 heterocycles. The number of hydrogen-bond donors (Lipinski definition) is 2. The summed E-state index contributed by atoms with van der Waals surface area (Å²) in [4.78, 5) is 26.7. The van der Waals surface area contributed by atoms with E-state index in [2.05, 4.69) is 10.6 Å². The second-order valence-corrected chi connectivity index (χ2v) is 6.58. The smallest absolute Gasteiger partial charge is 0.238 e. The van der Waals surface area contributed by atoms with Crippen LogP contribution < -0.4 is 20.1 Å². The van der Waals surface area contributed by atoms with Crippen LogP contribution in [0.15, 0.2) is 48.5 Å². The molecular weight excluding hydrogens is 370 g/mol. The maximum Gasteiger partial charge on any atom is 0.238 e. The number of likely N-dealkylation sites (N-methyl/N-ethyl adjacent to an activating group) is 1. The molecule has 0 bridgehead atoms. The van der Waals surface area contributed by atoms with Crippen LogP contribution in [0.5, 0.6) is 11.5 Å². The van der Waals surface area contributed by atoms with E-state index in [0.717, 1.165) is 17.1 Å². The molecule has 0 unspecified atom stereocenters. The number of carbonyl (C=O) groups is 2. The number of anilines is 1. The van der Waals surface area contributed by atoms with Crippen LogP contribution in [0.3, 0.4) is 0 Å². The highest BCUT2D eigenvalue weighted by Crippen LogP contribution is 2.15. The van der Waals surface area contributed by atoms with Gasteiger partial charge in [-0.3, -0.25) is 14.5 Å². The number of carbonyl (C=O) groups excluding carboxylic acids is 2. The molecule has 1 atom stereocenters. The van der Waals surface area contributed by atoms with Gasteiger partial charge in [-0.1, -0.05) is 19.1 Å². The lowest BCUT2D eigenvalue weighted by Crippen LogP contribution is -2.47. The van der Waals surface area contributed by atoms with Crippen LogP contribution in [0.2, 0.25) is 0 Å². The fourth-order valence-electron chi connectivity index (χ4n) is 2.83. The van der Waals surface area contributed by atoms with Crippen molar-refractivity contribution in [2.24, 2.45) is 0 Å². The van der Waals surface area contributed by atoms with Gasteiger partial charge in [-0.25, -0.2) is 0 Å². The van der Waals surface area contributed by atoms with Gasteiger partial charge >= 0.3 is 0 Å². The highest BCUT2D eigenvalue weighted by atomic mass is 16.5. The Balaban J connectivity index is 1.85. The van der Waals surface area contributed by atoms with Crippen LogP contribution >= 0.6 is 0 Å². The molecule has 0 aliphatic heterocycles. The summed E-state index contributed by atoms with van der Waals surface area (Å²) in [6.07, 6.45) is 0. The predicted octanol–water partition coefficient (Wildman–Crippen LogP) is 2.67. The van der Waals surface area contributed by atoms with Gasteiger partial charge in [-0.2, -0.15) is 0 Å². The maximum absolute atomic E-state index is 12.5. The largest absolute Gasteiger partial charge is 0.497 e. The van der Waals surface area contributed by atoms with Crippen molar-refractivity contribution in [1.29, 1.82) is 0 Å². The zero-order valence-electron chi connectivity index (χ0n) is 17.4. The van der Waals surface area contributed by atoms with E-state index in [0.29, 0.717) is 18.8 Å². The molecule has 2 amide bonds. The first-order valence-corrected chi connectivity index (χ1v) is 9.55. The van der Waals surface area contributed by atoms with Crippen molar-refractivity contribution in [2.75, 3.05) is 32.6 Å². The lowest BCUT2D eigenvalue weighted by atomic mass is 10.2. The molecule has 2 N–H and O–H groups in total. The van der Waals surface area contributed by atoms with Crippen molar-refractivity contribution in [3.8, 4) is 11.5 Å². The number of methoxy groups -OCH3 is 2. The molecule has 7 nitrogen and oxygen atoms in total. The second kappa shape index (κ2) is 11.1. The molecule has 29 heavy (non-hydrogen) atoms. The van der Waals surface area contributed by atoms with Gasteiger partial charge in [0.25, 0.3) is 0 Å². The molecular formula is C22H29N3O4. The van der Waals surface area contributed by atoms with Crippen LogP contribution in [0.4, 0.5) is 5.69 Å². The van der Waals surface area contributed by atoms with Crippen molar-refractivity contribution in [3.63, 3.8) is 0 Å². The summed E-state index contributed by atoms with van der Waals surface area (Å²) in [5.74, 6) is 1.19. The maximum atomic E-state index is 12.5. The molecule has 2 aromatic rings. The number of nitrogens with zero attached hydrogens (tertiary/aromatic N) is 1. The third-order valence-corrected chi connectivity index (χ3v) is 4.68. The lowest BCUT2D eigenvalue weighted by Gasteiger charge is -2.26. The van der Waals surface area contributed by atoms with Crippen molar-refractivity contribution in [1.82, 2.24) is 10.2 Å². The Kier molecular flexibility index (Phi) is 8.48. The van der Waals surface area contributed by atoms with Gasteiger partial charge in [-0.05, 0) is 55.4 Å². The number of nitrogens with one attached hydrogen (secondary N) is 2. The molecule has 0 aromatic heterocycles. The Morgan fingerprint density at radius 3 is 2.03 bits per heavy atom. The molecule has 156 valence electrons. The zero-order valence-corrected chi connectivity index (χ0v) is 17.4. The normalized spacial score (nSPS) is 11.6. The number of amides is 2. The third-order valence-electron chi connectivity index (χ3n) is 4.68. The third kappa shape index (κ3) is 6.80. The van der Waals surface area contributed by atoms with Crippen molar-refractivity contribution >= 4 is 17.5 Å². The topological polar surface area (TPSA) is 79.9 Å². The molecule has 0 spiro atoms. The first kappa shape index (κ1) is 22.2. The molecule has 0 saturated carbocycles. The van der Waals surface area contributed by atoms with Crippen molar-refractivity contribution in [2.45, 2.75) is 26.4 Å². The Bertz CT molecular complexity index is 791. The van der Waals surface area contributed by atoms with E-state index in [1.165, 1.54) is 0 Å². The molecule has 0 aliphatic carbocycles. The van der Waals surface area contributed by atoms with Crippen LogP contribution in [-0.2, 0) is 16.1 Å². The average molecular weight is 399 g/mol. The minimum atomic E-state index is -0.431. The van der Waals surface area contributed by atoms with Crippen LogP contribution in [0.1, 0.15) is 19.4 Å². The molecule has 7 heteroatoms. The van der Waals surface area contributed by atoms with Crippen LogP contribution in [0.25, 0.3) is 0 Å². The average Bonchev–Trinajstić information content (AvgIpc) is 2.76. The summed E-state index contributed by atoms with van der Waals surface area (Å²) >= 11 is 0. The van der Waals surface area contributed by atoms with Gasteiger partial charge in [0.2, 0.25) is 11.8 Å². The molecule has 2 rings (SSSR count). The van der Waals surface area contributed by atoms with Gasteiger partial charge in [-0.15, -0.1) is 0 Å². The highest BCUT2D eigenvalue weighted by Gasteiger charge is 2.22. The Hall–Kier alpha value is -3.06. The van der Waals surface area contributed by atoms with E-state index >= 15 is 0 Å². The molecule has 0 radical (unpaired) electrons. The fraction of sp³-hybridized carbons (Fsp3) is 0.364. The summed E-state index contributed by atoms with van der Waals surface area (Å²) in [5.41, 5.74) is 1.66. The standard InChI is InChI=1S/C22H29N3O4/c1-5-25(15-21(26)24-18-8-12-20(29-4)13-9-18)16(2)22(27)23-14-17-6-10-19(28-3)11-7-17/h6-13,16H,5,14-15H2,1-4H3,(H,23,27)(H,24,26)/t16-/m0/s1. The Morgan fingerprint density at radius 1 is 0.966 bits per heavy atom. The molecule has 0 saturated heterocycles. The second-order valence-electron chi connectivity index (χ2n) is 6.58. The fourth-order valence-corrected chi connectivity index (χ4v) is 2.83. The van der Waals surface area contributed by atoms with Gasteiger partial charge in [0.1, 0.15) is 11.5 Å². The Morgan fingerprint density at radius 2 is 1.52 bits per heavy atom. The quantitative estimate of drug-likeness (QED) is 0.642. The molecule has 0 fully saturated rings. The van der Waals surface area contributed by atoms with E-state index in [1.54, 1.807) is 45.4 Å². The van der Waals surface area contributed by atoms with E-state index in [1.807, 2.05) is 36.1 Å². The van der Waals surface area contributed by atoms with Gasteiger partial charge in [0.05, 0.1) is 26.8 Å². The first-order chi connectivity index (χ1) is 14.0. The van der Waals surface area contributed by atoms with Gasteiger partial charge in [0.15, 0.2) is 0 Å². The minimum Gasteiger partial charge on any atom is -0.497 e. The number of benzene rings is 2. The van der Waals surface area contributed by atoms with E-state index in [-0.39, 0.29) is 18.4 Å². The predicted molar refractivity (Wildman–Crippen MR) is 113 cm³/mol. The van der Waals surface area contributed by atoms with E-state index in [4.69, 9.17) is 9.47 Å². The SMILES string of the molecule is CCN(CC(=O)Nc1ccc(OC)cc1)[C@@H](C)C(=O)NCc1ccc(OC)cc1. The van der Waals surface area contributed by atoms with Crippen LogP contribution in [0, 0.1) is 0 Å². The summed E-state index contributed by atoms with van der Waals surface area (Å²) < 4.78 is 10.2. The summed E-state index contributed by atoms with van der Waals surface area (Å²) in [6, 6.07) is 14.2. The van der Waals surface area contributed by atoms with Gasteiger partial charge in [0, 0.05) is 12.2 Å². The number of ether oxygens (including phenoxy) is 2. The van der Waals surface area contributed by atoms with Crippen LogP contribution in [-0.4, -0.2) is 50.1 Å². The monoisotopic (exact) mass is 399 g/mol. The van der Waals surface area contributed by atoms with Crippen molar-refractivity contribution < 1.29 is 19.1 Å². The summed E-state index contributed by atoms with van der Waals surface area (Å²) in [7, 11) is 3.20. The summed E-state index contributed by atoms with van der Waals surface area (Å²) in [6.45, 7) is 4.84. The van der Waals surface area contributed by atoms with Gasteiger partial charge < -0.3 is 20.1 Å². The number of rotatable bonds is 10. The summed E-state index contributed by atoms with van der Waals surface area (Å²) in [5, 5.41) is 5.76. The zero-order chi connectivity index (χ0) is 21.2. The highest BCUT2D eigenvalue weighted by molar-refractivity contribution is 5.93. The Labute approximate surface area is 172 Å². The molecule has 0 aliphatic rings. The molecule has 2 aromatic carbocycles. The van der Waals surface area contributed by atoms with E-state index < -0.39 is 6.04 Å². The van der Waals surface area contributed by atoms with E-state index in [9.17, 15) is 9.59 Å². The lowest BCUT2D eigenvalue weighted by molar-refractivity contribution is -0.127. The number of hydrogen-bond acceptors (Lipinski definition) is 5. The van der Waals surface area contributed by atoms with Crippen molar-refractivity contribution in [3.05, 3.63) is 54.1 Å².